The highest BCUT2D eigenvalue weighted by Crippen LogP contribution is 2.17. The maximum Gasteiger partial charge on any atom is 0.0465 e. The predicted octanol–water partition coefficient (Wildman–Crippen LogP) is 4.27. The summed E-state index contributed by atoms with van der Waals surface area (Å²) >= 11 is 0. The van der Waals surface area contributed by atoms with Gasteiger partial charge in [-0.1, -0.05) is 40.0 Å². The summed E-state index contributed by atoms with van der Waals surface area (Å²) in [6.07, 6.45) is 6.72. The van der Waals surface area contributed by atoms with Gasteiger partial charge in [-0.25, -0.2) is 0 Å². The zero-order valence-electron chi connectivity index (χ0n) is 10.5. The highest BCUT2D eigenvalue weighted by molar-refractivity contribution is 4.56. The van der Waals surface area contributed by atoms with Crippen molar-refractivity contribution in [2.24, 2.45) is 11.8 Å². The molecule has 0 saturated heterocycles. The van der Waals surface area contributed by atoms with Crippen molar-refractivity contribution in [3.63, 3.8) is 0 Å². The van der Waals surface area contributed by atoms with E-state index in [4.69, 9.17) is 4.74 Å². The van der Waals surface area contributed by atoms with Gasteiger partial charge in [-0.2, -0.15) is 0 Å². The van der Waals surface area contributed by atoms with Crippen LogP contribution in [0.4, 0.5) is 0 Å². The molecule has 0 fully saturated rings. The number of rotatable bonds is 9. The number of hydrogen-bond donors (Lipinski definition) is 0. The largest absolute Gasteiger partial charge is 0.382 e. The Bertz CT molecular complexity index is 110. The Morgan fingerprint density at radius 2 is 1.71 bits per heavy atom. The summed E-state index contributed by atoms with van der Waals surface area (Å²) in [5.41, 5.74) is 0. The van der Waals surface area contributed by atoms with Crippen LogP contribution in [0.25, 0.3) is 0 Å². The molecule has 1 atom stereocenters. The van der Waals surface area contributed by atoms with Gasteiger partial charge in [0, 0.05) is 13.2 Å². The first kappa shape index (κ1) is 14.0. The number of unbranched alkanes of at least 4 members (excludes halogenated alkanes) is 2. The molecule has 0 saturated carbocycles. The molecule has 0 aliphatic heterocycles. The lowest BCUT2D eigenvalue weighted by molar-refractivity contribution is 0.142. The fraction of sp³-hybridized carbons (Fsp3) is 1.00. The first-order chi connectivity index (χ1) is 6.66. The fourth-order valence-electron chi connectivity index (χ4n) is 1.94. The SMILES string of the molecule is CCOCCCCCC(C)CC(C)C. The van der Waals surface area contributed by atoms with Crippen LogP contribution in [-0.2, 0) is 4.74 Å². The minimum atomic E-state index is 0.855. The third kappa shape index (κ3) is 10.0. The summed E-state index contributed by atoms with van der Waals surface area (Å²) in [6, 6.07) is 0. The van der Waals surface area contributed by atoms with E-state index in [0.717, 1.165) is 25.0 Å². The van der Waals surface area contributed by atoms with E-state index in [1.54, 1.807) is 0 Å². The van der Waals surface area contributed by atoms with Gasteiger partial charge < -0.3 is 4.74 Å². The van der Waals surface area contributed by atoms with Crippen LogP contribution in [0.5, 0.6) is 0 Å². The van der Waals surface area contributed by atoms with Crippen molar-refractivity contribution < 1.29 is 4.74 Å². The third-order valence-corrected chi connectivity index (χ3v) is 2.56. The van der Waals surface area contributed by atoms with Gasteiger partial charge in [-0.15, -0.1) is 0 Å². The van der Waals surface area contributed by atoms with Gasteiger partial charge in [0.05, 0.1) is 0 Å². The molecule has 14 heavy (non-hydrogen) atoms. The van der Waals surface area contributed by atoms with Crippen molar-refractivity contribution in [3.05, 3.63) is 0 Å². The van der Waals surface area contributed by atoms with Gasteiger partial charge in [0.1, 0.15) is 0 Å². The number of hydrogen-bond acceptors (Lipinski definition) is 1. The molecule has 0 rings (SSSR count). The minimum Gasteiger partial charge on any atom is -0.382 e. The molecule has 86 valence electrons. The number of ether oxygens (including phenoxy) is 1. The molecule has 0 radical (unpaired) electrons. The molecule has 1 heteroatoms. The Kier molecular flexibility index (Phi) is 9.49. The minimum absolute atomic E-state index is 0.855. The van der Waals surface area contributed by atoms with Crippen LogP contribution in [-0.4, -0.2) is 13.2 Å². The highest BCUT2D eigenvalue weighted by atomic mass is 16.5. The first-order valence-electron chi connectivity index (χ1n) is 6.24. The van der Waals surface area contributed by atoms with Crippen LogP contribution in [0.1, 0.15) is 59.8 Å². The van der Waals surface area contributed by atoms with Crippen molar-refractivity contribution in [3.8, 4) is 0 Å². The second-order valence-electron chi connectivity index (χ2n) is 4.78. The molecule has 1 nitrogen and oxygen atoms in total. The lowest BCUT2D eigenvalue weighted by atomic mass is 9.94. The first-order valence-corrected chi connectivity index (χ1v) is 6.24. The molecular formula is C13H28O. The standard InChI is InChI=1S/C13H28O/c1-5-14-10-8-6-7-9-13(4)11-12(2)3/h12-13H,5-11H2,1-4H3. The van der Waals surface area contributed by atoms with Crippen LogP contribution in [0.15, 0.2) is 0 Å². The van der Waals surface area contributed by atoms with E-state index in [1.165, 1.54) is 32.1 Å². The Labute approximate surface area is 90.2 Å². The molecule has 1 unspecified atom stereocenters. The molecule has 0 aromatic heterocycles. The molecule has 0 heterocycles. The summed E-state index contributed by atoms with van der Waals surface area (Å²) in [4.78, 5) is 0. The average molecular weight is 200 g/mol. The smallest absolute Gasteiger partial charge is 0.0465 e. The van der Waals surface area contributed by atoms with E-state index in [0.29, 0.717) is 0 Å². The van der Waals surface area contributed by atoms with Crippen molar-refractivity contribution in [2.45, 2.75) is 59.8 Å². The molecule has 0 aliphatic rings. The average Bonchev–Trinajstić information content (AvgIpc) is 2.10. The molecular weight excluding hydrogens is 172 g/mol. The summed E-state index contributed by atoms with van der Waals surface area (Å²) in [5.74, 6) is 1.76. The Morgan fingerprint density at radius 3 is 2.29 bits per heavy atom. The fourth-order valence-corrected chi connectivity index (χ4v) is 1.94. The van der Waals surface area contributed by atoms with Crippen molar-refractivity contribution in [2.75, 3.05) is 13.2 Å². The summed E-state index contributed by atoms with van der Waals surface area (Å²) in [7, 11) is 0. The van der Waals surface area contributed by atoms with Gasteiger partial charge in [0.2, 0.25) is 0 Å². The highest BCUT2D eigenvalue weighted by Gasteiger charge is 2.04. The Morgan fingerprint density at radius 1 is 1.00 bits per heavy atom. The van der Waals surface area contributed by atoms with Crippen LogP contribution in [0.3, 0.4) is 0 Å². The van der Waals surface area contributed by atoms with Gasteiger partial charge in [0.25, 0.3) is 0 Å². The second kappa shape index (κ2) is 9.51. The van der Waals surface area contributed by atoms with Gasteiger partial charge >= 0.3 is 0 Å². The summed E-state index contributed by atoms with van der Waals surface area (Å²) in [6.45, 7) is 10.9. The van der Waals surface area contributed by atoms with Gasteiger partial charge in [0.15, 0.2) is 0 Å². The van der Waals surface area contributed by atoms with Crippen LogP contribution in [0.2, 0.25) is 0 Å². The molecule has 0 N–H and O–H groups in total. The van der Waals surface area contributed by atoms with Crippen molar-refractivity contribution in [1.82, 2.24) is 0 Å². The molecule has 0 bridgehead atoms. The van der Waals surface area contributed by atoms with E-state index in [1.807, 2.05) is 0 Å². The van der Waals surface area contributed by atoms with E-state index in [-0.39, 0.29) is 0 Å². The normalized spacial score (nSPS) is 13.5. The zero-order chi connectivity index (χ0) is 10.8. The predicted molar refractivity (Wildman–Crippen MR) is 63.6 cm³/mol. The lowest BCUT2D eigenvalue weighted by Crippen LogP contribution is -2.00. The second-order valence-corrected chi connectivity index (χ2v) is 4.78. The maximum absolute atomic E-state index is 5.31. The maximum atomic E-state index is 5.31. The molecule has 0 aromatic carbocycles. The molecule has 0 spiro atoms. The Hall–Kier alpha value is -0.0400. The van der Waals surface area contributed by atoms with E-state index in [2.05, 4.69) is 27.7 Å². The zero-order valence-corrected chi connectivity index (χ0v) is 10.5. The third-order valence-electron chi connectivity index (χ3n) is 2.56. The van der Waals surface area contributed by atoms with E-state index < -0.39 is 0 Å². The monoisotopic (exact) mass is 200 g/mol. The van der Waals surface area contributed by atoms with E-state index in [9.17, 15) is 0 Å². The van der Waals surface area contributed by atoms with Crippen LogP contribution in [0, 0.1) is 11.8 Å². The lowest BCUT2D eigenvalue weighted by Gasteiger charge is -2.13. The van der Waals surface area contributed by atoms with Crippen LogP contribution < -0.4 is 0 Å². The molecule has 0 aromatic rings. The van der Waals surface area contributed by atoms with Crippen LogP contribution >= 0.6 is 0 Å². The Balaban J connectivity index is 3.10. The van der Waals surface area contributed by atoms with E-state index >= 15 is 0 Å². The van der Waals surface area contributed by atoms with Crippen molar-refractivity contribution in [1.29, 1.82) is 0 Å². The molecule has 0 amide bonds. The van der Waals surface area contributed by atoms with Gasteiger partial charge in [-0.05, 0) is 31.6 Å². The van der Waals surface area contributed by atoms with Gasteiger partial charge in [-0.3, -0.25) is 0 Å². The topological polar surface area (TPSA) is 9.23 Å². The molecule has 0 aliphatic carbocycles. The summed E-state index contributed by atoms with van der Waals surface area (Å²) < 4.78 is 5.31. The van der Waals surface area contributed by atoms with Crippen molar-refractivity contribution >= 4 is 0 Å². The summed E-state index contributed by atoms with van der Waals surface area (Å²) in [5, 5.41) is 0. The quantitative estimate of drug-likeness (QED) is 0.505.